The zero-order valence-electron chi connectivity index (χ0n) is 13.9. The summed E-state index contributed by atoms with van der Waals surface area (Å²) in [7, 11) is 0. The van der Waals surface area contributed by atoms with E-state index >= 15 is 0 Å². The molecule has 1 N–H and O–H groups in total. The van der Waals surface area contributed by atoms with Gasteiger partial charge in [0.1, 0.15) is 11.3 Å². The average molecular weight is 359 g/mol. The van der Waals surface area contributed by atoms with Gasteiger partial charge in [0, 0.05) is 11.9 Å². The topological polar surface area (TPSA) is 47.0 Å². The van der Waals surface area contributed by atoms with E-state index < -0.39 is 17.6 Å². The second-order valence-corrected chi connectivity index (χ2v) is 5.50. The summed E-state index contributed by atoms with van der Waals surface area (Å²) < 4.78 is 45.0. The summed E-state index contributed by atoms with van der Waals surface area (Å²) in [6.07, 6.45) is -3.01. The van der Waals surface area contributed by atoms with Gasteiger partial charge in [0.25, 0.3) is 0 Å². The molecule has 0 aliphatic heterocycles. The van der Waals surface area contributed by atoms with Crippen LogP contribution in [0.3, 0.4) is 0 Å². The van der Waals surface area contributed by atoms with Crippen LogP contribution in [0, 0.1) is 0 Å². The average Bonchev–Trinajstić information content (AvgIpc) is 2.62. The van der Waals surface area contributed by atoms with Gasteiger partial charge in [0.05, 0.1) is 0 Å². The Kier molecular flexibility index (Phi) is 5.06. The molecule has 3 rings (SSSR count). The van der Waals surface area contributed by atoms with Crippen molar-refractivity contribution in [2.45, 2.75) is 19.5 Å². The first kappa shape index (κ1) is 17.7. The summed E-state index contributed by atoms with van der Waals surface area (Å²) in [5.74, 6) is -0.269. The molecule has 3 aromatic rings. The Morgan fingerprint density at radius 1 is 1.00 bits per heavy atom. The quantitative estimate of drug-likeness (QED) is 0.645. The van der Waals surface area contributed by atoms with Crippen LogP contribution < -0.4 is 10.1 Å². The minimum atomic E-state index is -4.62. The normalized spacial score (nSPS) is 11.2. The second kappa shape index (κ2) is 7.43. The summed E-state index contributed by atoms with van der Waals surface area (Å²) in [4.78, 5) is 7.67. The number of nitrogens with one attached hydrogen (secondary N) is 1. The molecule has 1 aromatic heterocycles. The molecule has 0 saturated heterocycles. The molecule has 0 fully saturated rings. The highest BCUT2D eigenvalue weighted by Gasteiger charge is 2.36. The molecule has 0 saturated carbocycles. The number of nitrogens with zero attached hydrogens (tertiary/aromatic N) is 2. The van der Waals surface area contributed by atoms with E-state index in [0.29, 0.717) is 11.9 Å². The highest BCUT2D eigenvalue weighted by Crippen LogP contribution is 2.37. The fraction of sp³-hybridized carbons (Fsp3) is 0.158. The summed E-state index contributed by atoms with van der Waals surface area (Å²) in [6, 6.07) is 15.7. The third kappa shape index (κ3) is 4.30. The lowest BCUT2D eigenvalue weighted by Crippen LogP contribution is -2.10. The van der Waals surface area contributed by atoms with Crippen LogP contribution in [0.2, 0.25) is 0 Å². The number of hydrogen-bond acceptors (Lipinski definition) is 4. The molecular formula is C19H16F3N3O. The standard InChI is InChI=1S/C19H16F3N3O/c1-2-13-8-10-14(11-9-13)24-18-23-12-16(19(20,21)22)17(25-18)26-15-6-4-3-5-7-15/h3-12H,2H2,1H3,(H,23,24,25). The van der Waals surface area contributed by atoms with Crippen LogP contribution >= 0.6 is 0 Å². The van der Waals surface area contributed by atoms with Crippen molar-refractivity contribution in [2.24, 2.45) is 0 Å². The van der Waals surface area contributed by atoms with Crippen molar-refractivity contribution in [1.82, 2.24) is 9.97 Å². The number of halogens is 3. The van der Waals surface area contributed by atoms with Crippen molar-refractivity contribution in [1.29, 1.82) is 0 Å². The van der Waals surface area contributed by atoms with Crippen molar-refractivity contribution in [2.75, 3.05) is 5.32 Å². The monoisotopic (exact) mass is 359 g/mol. The third-order valence-corrected chi connectivity index (χ3v) is 3.64. The smallest absolute Gasteiger partial charge is 0.423 e. The number of anilines is 2. The van der Waals surface area contributed by atoms with Gasteiger partial charge in [-0.05, 0) is 36.2 Å². The predicted molar refractivity (Wildman–Crippen MR) is 92.7 cm³/mol. The summed E-state index contributed by atoms with van der Waals surface area (Å²) in [6.45, 7) is 2.04. The van der Waals surface area contributed by atoms with Crippen LogP contribution in [0.4, 0.5) is 24.8 Å². The Balaban J connectivity index is 1.90. The molecule has 4 nitrogen and oxygen atoms in total. The number of alkyl halides is 3. The largest absolute Gasteiger partial charge is 0.438 e. The van der Waals surface area contributed by atoms with E-state index in [-0.39, 0.29) is 11.7 Å². The zero-order chi connectivity index (χ0) is 18.6. The maximum atomic E-state index is 13.2. The first-order valence-corrected chi connectivity index (χ1v) is 7.99. The number of benzene rings is 2. The van der Waals surface area contributed by atoms with Crippen molar-refractivity contribution >= 4 is 11.6 Å². The molecule has 2 aromatic carbocycles. The molecule has 0 spiro atoms. The van der Waals surface area contributed by atoms with Crippen molar-refractivity contribution in [3.8, 4) is 11.6 Å². The van der Waals surface area contributed by atoms with Gasteiger partial charge in [0.2, 0.25) is 11.8 Å². The lowest BCUT2D eigenvalue weighted by Gasteiger charge is -2.14. The van der Waals surface area contributed by atoms with Gasteiger partial charge >= 0.3 is 6.18 Å². The highest BCUT2D eigenvalue weighted by molar-refractivity contribution is 5.54. The van der Waals surface area contributed by atoms with Crippen molar-refractivity contribution in [3.05, 3.63) is 71.9 Å². The first-order valence-electron chi connectivity index (χ1n) is 7.99. The van der Waals surface area contributed by atoms with Gasteiger partial charge in [-0.1, -0.05) is 37.3 Å². The summed E-state index contributed by atoms with van der Waals surface area (Å²) in [5, 5.41) is 2.89. The van der Waals surface area contributed by atoms with E-state index in [1.165, 1.54) is 0 Å². The second-order valence-electron chi connectivity index (χ2n) is 5.50. The van der Waals surface area contributed by atoms with Gasteiger partial charge in [-0.15, -0.1) is 0 Å². The molecular weight excluding hydrogens is 343 g/mol. The maximum Gasteiger partial charge on any atom is 0.423 e. The number of rotatable bonds is 5. The molecule has 0 atom stereocenters. The van der Waals surface area contributed by atoms with Crippen LogP contribution in [-0.2, 0) is 12.6 Å². The number of para-hydroxylation sites is 1. The van der Waals surface area contributed by atoms with Gasteiger partial charge in [0.15, 0.2) is 0 Å². The molecule has 1 heterocycles. The predicted octanol–water partition coefficient (Wildman–Crippen LogP) is 5.59. The zero-order valence-corrected chi connectivity index (χ0v) is 13.9. The van der Waals surface area contributed by atoms with Gasteiger partial charge in [-0.3, -0.25) is 0 Å². The van der Waals surface area contributed by atoms with Crippen LogP contribution in [0.15, 0.2) is 60.8 Å². The molecule has 0 unspecified atom stereocenters. The molecule has 26 heavy (non-hydrogen) atoms. The third-order valence-electron chi connectivity index (χ3n) is 3.64. The molecule has 0 radical (unpaired) electrons. The highest BCUT2D eigenvalue weighted by atomic mass is 19.4. The molecule has 0 aliphatic rings. The molecule has 7 heteroatoms. The van der Waals surface area contributed by atoms with E-state index in [1.807, 2.05) is 31.2 Å². The van der Waals surface area contributed by atoms with Gasteiger partial charge in [-0.2, -0.15) is 18.2 Å². The Labute approximate surface area is 148 Å². The van der Waals surface area contributed by atoms with E-state index in [2.05, 4.69) is 15.3 Å². The molecule has 0 aliphatic carbocycles. The number of hydrogen-bond donors (Lipinski definition) is 1. The number of aryl methyl sites for hydroxylation is 1. The summed E-state index contributed by atoms with van der Waals surface area (Å²) >= 11 is 0. The Bertz CT molecular complexity index is 865. The lowest BCUT2D eigenvalue weighted by molar-refractivity contribution is -0.139. The van der Waals surface area contributed by atoms with E-state index in [1.54, 1.807) is 30.3 Å². The van der Waals surface area contributed by atoms with Crippen molar-refractivity contribution in [3.63, 3.8) is 0 Å². The molecule has 0 amide bonds. The van der Waals surface area contributed by atoms with Crippen molar-refractivity contribution < 1.29 is 17.9 Å². The Morgan fingerprint density at radius 3 is 2.31 bits per heavy atom. The molecule has 134 valence electrons. The van der Waals surface area contributed by atoms with Crippen LogP contribution in [0.1, 0.15) is 18.1 Å². The van der Waals surface area contributed by atoms with E-state index in [9.17, 15) is 13.2 Å². The van der Waals surface area contributed by atoms with Crippen LogP contribution in [0.5, 0.6) is 11.6 Å². The van der Waals surface area contributed by atoms with Gasteiger partial charge < -0.3 is 10.1 Å². The van der Waals surface area contributed by atoms with Crippen LogP contribution in [-0.4, -0.2) is 9.97 Å². The fourth-order valence-corrected chi connectivity index (χ4v) is 2.25. The van der Waals surface area contributed by atoms with E-state index in [0.717, 1.165) is 12.0 Å². The van der Waals surface area contributed by atoms with Crippen LogP contribution in [0.25, 0.3) is 0 Å². The minimum absolute atomic E-state index is 0.0215. The van der Waals surface area contributed by atoms with E-state index in [4.69, 9.17) is 4.74 Å². The van der Waals surface area contributed by atoms with Gasteiger partial charge in [-0.25, -0.2) is 4.98 Å². The Hall–Kier alpha value is -3.09. The maximum absolute atomic E-state index is 13.2. The lowest BCUT2D eigenvalue weighted by atomic mass is 10.1. The summed E-state index contributed by atoms with van der Waals surface area (Å²) in [5.41, 5.74) is 0.790. The molecule has 0 bridgehead atoms. The number of ether oxygens (including phenoxy) is 1. The minimum Gasteiger partial charge on any atom is -0.438 e. The first-order chi connectivity index (χ1) is 12.5. The fourth-order valence-electron chi connectivity index (χ4n) is 2.25. The Morgan fingerprint density at radius 2 is 1.69 bits per heavy atom. The SMILES string of the molecule is CCc1ccc(Nc2ncc(C(F)(F)F)c(Oc3ccccc3)n2)cc1. The number of aromatic nitrogens is 2.